The van der Waals surface area contributed by atoms with Crippen LogP contribution in [0.5, 0.6) is 0 Å². The van der Waals surface area contributed by atoms with Gasteiger partial charge in [0.05, 0.1) is 18.8 Å². The van der Waals surface area contributed by atoms with Crippen LogP contribution in [-0.4, -0.2) is 61.6 Å². The third-order valence-electron chi connectivity index (χ3n) is 7.27. The maximum absolute atomic E-state index is 9.88. The standard InChI is InChI=1S/C28H33N3O3/c1-19(33)28-29-12-13-31(28)25(18-32)11-4-20-2-5-21(6-3-20)22-7-9-23(10-8-22)24-14-26(15-24)30-16-27(34)17-30/h2-13,19,24-27,32-34H,14-18H2,1H3/b11-4+/t19-,24?,25?,26?/m0/s1. The molecule has 34 heavy (non-hydrogen) atoms. The van der Waals surface area contributed by atoms with Crippen LogP contribution >= 0.6 is 0 Å². The molecule has 1 unspecified atom stereocenters. The molecule has 6 nitrogen and oxygen atoms in total. The molecule has 5 rings (SSSR count). The number of benzene rings is 2. The normalized spacial score (nSPS) is 22.9. The fraction of sp³-hybridized carbons (Fsp3) is 0.393. The first-order chi connectivity index (χ1) is 16.5. The van der Waals surface area contributed by atoms with E-state index in [0.29, 0.717) is 17.8 Å². The summed E-state index contributed by atoms with van der Waals surface area (Å²) in [6.45, 7) is 3.28. The van der Waals surface area contributed by atoms with Gasteiger partial charge < -0.3 is 19.9 Å². The molecule has 1 aromatic heterocycles. The average molecular weight is 460 g/mol. The van der Waals surface area contributed by atoms with Crippen molar-refractivity contribution >= 4 is 6.08 Å². The lowest BCUT2D eigenvalue weighted by molar-refractivity contribution is -0.0494. The molecule has 1 aliphatic heterocycles. The Morgan fingerprint density at radius 3 is 2.26 bits per heavy atom. The van der Waals surface area contributed by atoms with Crippen LogP contribution in [0.2, 0.25) is 0 Å². The second-order valence-corrected chi connectivity index (χ2v) is 9.65. The van der Waals surface area contributed by atoms with Crippen molar-refractivity contribution in [3.63, 3.8) is 0 Å². The highest BCUT2D eigenvalue weighted by Gasteiger charge is 2.39. The Morgan fingerprint density at radius 1 is 1.03 bits per heavy atom. The highest BCUT2D eigenvalue weighted by molar-refractivity contribution is 5.66. The molecule has 6 heteroatoms. The molecule has 2 aromatic carbocycles. The second-order valence-electron chi connectivity index (χ2n) is 9.65. The molecule has 2 aliphatic rings. The number of aromatic nitrogens is 2. The Labute approximate surface area is 200 Å². The Balaban J connectivity index is 1.20. The van der Waals surface area contributed by atoms with Crippen molar-refractivity contribution < 1.29 is 15.3 Å². The van der Waals surface area contributed by atoms with Gasteiger partial charge in [-0.3, -0.25) is 4.90 Å². The molecular weight excluding hydrogens is 426 g/mol. The van der Waals surface area contributed by atoms with E-state index in [2.05, 4.69) is 58.4 Å². The van der Waals surface area contributed by atoms with Crippen molar-refractivity contribution in [1.29, 1.82) is 0 Å². The van der Waals surface area contributed by atoms with E-state index in [1.165, 1.54) is 29.5 Å². The minimum absolute atomic E-state index is 0.0707. The lowest BCUT2D eigenvalue weighted by Crippen LogP contribution is -2.58. The average Bonchev–Trinajstić information content (AvgIpc) is 3.28. The zero-order valence-electron chi connectivity index (χ0n) is 19.5. The summed E-state index contributed by atoms with van der Waals surface area (Å²) < 4.78 is 1.80. The van der Waals surface area contributed by atoms with Gasteiger partial charge >= 0.3 is 0 Å². The van der Waals surface area contributed by atoms with Gasteiger partial charge in [-0.2, -0.15) is 0 Å². The van der Waals surface area contributed by atoms with Crippen LogP contribution < -0.4 is 0 Å². The number of nitrogens with zero attached hydrogens (tertiary/aromatic N) is 3. The largest absolute Gasteiger partial charge is 0.394 e. The van der Waals surface area contributed by atoms with Crippen LogP contribution in [0.15, 0.2) is 67.0 Å². The maximum atomic E-state index is 9.88. The zero-order chi connectivity index (χ0) is 23.7. The predicted octanol–water partition coefficient (Wildman–Crippen LogP) is 3.77. The Morgan fingerprint density at radius 2 is 1.68 bits per heavy atom. The zero-order valence-corrected chi connectivity index (χ0v) is 19.5. The van der Waals surface area contributed by atoms with E-state index in [1.807, 2.05) is 12.2 Å². The van der Waals surface area contributed by atoms with Crippen LogP contribution in [0.4, 0.5) is 0 Å². The summed E-state index contributed by atoms with van der Waals surface area (Å²) in [6.07, 6.45) is 8.92. The van der Waals surface area contributed by atoms with Crippen molar-refractivity contribution in [2.45, 2.75) is 50.0 Å². The van der Waals surface area contributed by atoms with Gasteiger partial charge in [0.15, 0.2) is 0 Å². The highest BCUT2D eigenvalue weighted by atomic mass is 16.3. The van der Waals surface area contributed by atoms with Crippen LogP contribution in [-0.2, 0) is 0 Å². The molecule has 0 bridgehead atoms. The van der Waals surface area contributed by atoms with Crippen molar-refractivity contribution in [3.05, 3.63) is 84.0 Å². The molecule has 1 saturated carbocycles. The van der Waals surface area contributed by atoms with E-state index in [1.54, 1.807) is 23.9 Å². The van der Waals surface area contributed by atoms with Gasteiger partial charge in [0.2, 0.25) is 0 Å². The number of hydrogen-bond acceptors (Lipinski definition) is 5. The Bertz CT molecular complexity index is 1110. The first kappa shape index (κ1) is 23.0. The molecule has 1 saturated heterocycles. The number of β-amino-alcohol motifs (C(OH)–C–C–N with tert-alkyl or cyclic N) is 1. The van der Waals surface area contributed by atoms with Crippen LogP contribution in [0.3, 0.4) is 0 Å². The van der Waals surface area contributed by atoms with Crippen LogP contribution in [0.1, 0.15) is 54.8 Å². The first-order valence-electron chi connectivity index (χ1n) is 12.1. The first-order valence-corrected chi connectivity index (χ1v) is 12.1. The quantitative estimate of drug-likeness (QED) is 0.478. The van der Waals surface area contributed by atoms with Gasteiger partial charge in [-0.15, -0.1) is 0 Å². The number of aliphatic hydroxyl groups is 3. The molecule has 3 N–H and O–H groups in total. The highest BCUT2D eigenvalue weighted by Crippen LogP contribution is 2.41. The molecular formula is C28H33N3O3. The lowest BCUT2D eigenvalue weighted by Gasteiger charge is -2.49. The monoisotopic (exact) mass is 459 g/mol. The third-order valence-corrected chi connectivity index (χ3v) is 7.27. The molecule has 0 spiro atoms. The summed E-state index contributed by atoms with van der Waals surface area (Å²) in [5.74, 6) is 1.17. The number of hydrogen-bond donors (Lipinski definition) is 3. The topological polar surface area (TPSA) is 81.8 Å². The molecule has 1 aliphatic carbocycles. The number of rotatable bonds is 8. The van der Waals surface area contributed by atoms with E-state index in [0.717, 1.165) is 18.7 Å². The smallest absolute Gasteiger partial charge is 0.137 e. The fourth-order valence-corrected chi connectivity index (χ4v) is 5.07. The molecule has 0 radical (unpaired) electrons. The number of imidazole rings is 1. The van der Waals surface area contributed by atoms with E-state index < -0.39 is 6.10 Å². The van der Waals surface area contributed by atoms with Crippen molar-refractivity contribution in [2.75, 3.05) is 19.7 Å². The van der Waals surface area contributed by atoms with E-state index >= 15 is 0 Å². The van der Waals surface area contributed by atoms with E-state index in [9.17, 15) is 15.3 Å². The third kappa shape index (κ3) is 4.72. The van der Waals surface area contributed by atoms with E-state index in [4.69, 9.17) is 0 Å². The summed E-state index contributed by atoms with van der Waals surface area (Å²) in [5, 5.41) is 29.2. The van der Waals surface area contributed by atoms with Gasteiger partial charge in [-0.1, -0.05) is 60.7 Å². The minimum Gasteiger partial charge on any atom is -0.394 e. The summed E-state index contributed by atoms with van der Waals surface area (Å²) in [7, 11) is 0. The van der Waals surface area contributed by atoms with Gasteiger partial charge in [-0.05, 0) is 47.9 Å². The summed E-state index contributed by atoms with van der Waals surface area (Å²) in [5.41, 5.74) is 4.84. The second kappa shape index (κ2) is 9.84. The summed E-state index contributed by atoms with van der Waals surface area (Å²) >= 11 is 0. The lowest BCUT2D eigenvalue weighted by atomic mass is 9.74. The summed E-state index contributed by atoms with van der Waals surface area (Å²) in [6, 6.07) is 17.7. The van der Waals surface area contributed by atoms with Crippen molar-refractivity contribution in [2.24, 2.45) is 0 Å². The number of likely N-dealkylation sites (tertiary alicyclic amines) is 1. The molecule has 178 valence electrons. The predicted molar refractivity (Wildman–Crippen MR) is 133 cm³/mol. The van der Waals surface area contributed by atoms with Gasteiger partial charge in [-0.25, -0.2) is 4.98 Å². The molecule has 0 amide bonds. The maximum Gasteiger partial charge on any atom is 0.137 e. The molecule has 2 heterocycles. The van der Waals surface area contributed by atoms with E-state index in [-0.39, 0.29) is 18.8 Å². The molecule has 2 atom stereocenters. The van der Waals surface area contributed by atoms with Crippen LogP contribution in [0, 0.1) is 0 Å². The van der Waals surface area contributed by atoms with Crippen molar-refractivity contribution in [1.82, 2.24) is 14.5 Å². The van der Waals surface area contributed by atoms with Gasteiger partial charge in [0, 0.05) is 31.5 Å². The van der Waals surface area contributed by atoms with Crippen molar-refractivity contribution in [3.8, 4) is 11.1 Å². The Kier molecular flexibility index (Phi) is 6.66. The number of aliphatic hydroxyl groups excluding tert-OH is 3. The molecule has 3 aromatic rings. The van der Waals surface area contributed by atoms with Gasteiger partial charge in [0.1, 0.15) is 11.9 Å². The molecule has 2 fully saturated rings. The fourth-order valence-electron chi connectivity index (χ4n) is 5.07. The Hall–Kier alpha value is -2.77. The van der Waals surface area contributed by atoms with Gasteiger partial charge in [0.25, 0.3) is 0 Å². The minimum atomic E-state index is -0.691. The van der Waals surface area contributed by atoms with Crippen LogP contribution in [0.25, 0.3) is 17.2 Å². The summed E-state index contributed by atoms with van der Waals surface area (Å²) in [4.78, 5) is 6.59. The SMILES string of the molecule is C[C@H](O)c1nccn1C(/C=C/c1ccc(-c2ccc(C3CC(N4CC(O)C4)C3)cc2)cc1)CO.